The highest BCUT2D eigenvalue weighted by atomic mass is 16.5. The van der Waals surface area contributed by atoms with E-state index in [4.69, 9.17) is 4.52 Å². The van der Waals surface area contributed by atoms with Gasteiger partial charge in [-0.3, -0.25) is 10.1 Å². The average Bonchev–Trinajstić information content (AvgIpc) is 3.21. The van der Waals surface area contributed by atoms with Gasteiger partial charge in [-0.1, -0.05) is 35.5 Å². The lowest BCUT2D eigenvalue weighted by Crippen LogP contribution is -2.12. The predicted molar refractivity (Wildman–Crippen MR) is 89.8 cm³/mol. The highest BCUT2D eigenvalue weighted by molar-refractivity contribution is 6.03. The van der Waals surface area contributed by atoms with Gasteiger partial charge in [0.1, 0.15) is 0 Å². The number of nitrogens with zero attached hydrogens (tertiary/aromatic N) is 3. The van der Waals surface area contributed by atoms with Gasteiger partial charge < -0.3 is 4.52 Å². The molecule has 0 saturated carbocycles. The van der Waals surface area contributed by atoms with E-state index >= 15 is 0 Å². The van der Waals surface area contributed by atoms with Crippen LogP contribution in [-0.2, 0) is 0 Å². The van der Waals surface area contributed by atoms with Crippen molar-refractivity contribution >= 4 is 17.3 Å². The number of hydrogen-bond donors (Lipinski definition) is 1. The molecular weight excluding hydrogens is 304 g/mol. The van der Waals surface area contributed by atoms with Gasteiger partial charge >= 0.3 is 0 Å². The third kappa shape index (κ3) is 2.65. The number of amides is 1. The molecule has 0 spiro atoms. The summed E-state index contributed by atoms with van der Waals surface area (Å²) in [7, 11) is 0. The molecule has 1 aromatic carbocycles. The molecule has 4 aromatic rings. The molecule has 0 aliphatic rings. The van der Waals surface area contributed by atoms with Gasteiger partial charge in [0.2, 0.25) is 5.88 Å². The molecule has 118 valence electrons. The maximum Gasteiger partial charge on any atom is 0.259 e. The van der Waals surface area contributed by atoms with Crippen LogP contribution >= 0.6 is 0 Å². The van der Waals surface area contributed by atoms with Crippen LogP contribution in [0.2, 0.25) is 0 Å². The van der Waals surface area contributed by atoms with Crippen LogP contribution in [0.25, 0.3) is 16.8 Å². The molecule has 0 aliphatic heterocycles. The summed E-state index contributed by atoms with van der Waals surface area (Å²) < 4.78 is 6.70. The smallest absolute Gasteiger partial charge is 0.259 e. The Hall–Kier alpha value is -3.41. The highest BCUT2D eigenvalue weighted by Crippen LogP contribution is 2.20. The zero-order chi connectivity index (χ0) is 16.5. The van der Waals surface area contributed by atoms with Crippen LogP contribution in [0.15, 0.2) is 65.3 Å². The van der Waals surface area contributed by atoms with E-state index in [0.29, 0.717) is 17.1 Å². The first-order valence-corrected chi connectivity index (χ1v) is 7.48. The van der Waals surface area contributed by atoms with Gasteiger partial charge in [0.15, 0.2) is 0 Å². The van der Waals surface area contributed by atoms with E-state index in [9.17, 15) is 4.79 Å². The Kier molecular flexibility index (Phi) is 3.35. The zero-order valence-electron chi connectivity index (χ0n) is 12.9. The van der Waals surface area contributed by atoms with Crippen molar-refractivity contribution in [2.45, 2.75) is 6.92 Å². The first kappa shape index (κ1) is 14.2. The minimum absolute atomic E-state index is 0.273. The van der Waals surface area contributed by atoms with Crippen molar-refractivity contribution in [2.24, 2.45) is 0 Å². The molecule has 3 aromatic heterocycles. The second-order valence-corrected chi connectivity index (χ2v) is 5.47. The normalized spacial score (nSPS) is 10.9. The monoisotopic (exact) mass is 318 g/mol. The van der Waals surface area contributed by atoms with Crippen molar-refractivity contribution in [3.63, 3.8) is 0 Å². The van der Waals surface area contributed by atoms with Crippen LogP contribution in [-0.4, -0.2) is 20.7 Å². The van der Waals surface area contributed by atoms with Crippen LogP contribution in [0.3, 0.4) is 0 Å². The van der Waals surface area contributed by atoms with E-state index in [1.165, 1.54) is 0 Å². The summed E-state index contributed by atoms with van der Waals surface area (Å²) in [6, 6.07) is 17.2. The van der Waals surface area contributed by atoms with E-state index in [2.05, 4.69) is 15.6 Å². The van der Waals surface area contributed by atoms with Gasteiger partial charge in [0, 0.05) is 17.8 Å². The lowest BCUT2D eigenvalue weighted by molar-refractivity contribution is 0.102. The fourth-order valence-electron chi connectivity index (χ4n) is 2.48. The molecule has 24 heavy (non-hydrogen) atoms. The van der Waals surface area contributed by atoms with Gasteiger partial charge in [-0.25, -0.2) is 4.52 Å². The number of aryl methyl sites for hydroxylation is 1. The van der Waals surface area contributed by atoms with Crippen LogP contribution in [0, 0.1) is 6.92 Å². The lowest BCUT2D eigenvalue weighted by atomic mass is 10.1. The highest BCUT2D eigenvalue weighted by Gasteiger charge is 2.11. The molecule has 6 heteroatoms. The number of fused-ring (bicyclic) bond motifs is 1. The number of anilines is 1. The molecule has 0 bridgehead atoms. The van der Waals surface area contributed by atoms with Crippen molar-refractivity contribution in [2.75, 3.05) is 5.32 Å². The van der Waals surface area contributed by atoms with Crippen molar-refractivity contribution in [3.8, 4) is 11.3 Å². The quantitative estimate of drug-likeness (QED) is 0.627. The van der Waals surface area contributed by atoms with Crippen molar-refractivity contribution in [1.82, 2.24) is 14.8 Å². The van der Waals surface area contributed by atoms with E-state index in [-0.39, 0.29) is 5.91 Å². The van der Waals surface area contributed by atoms with E-state index in [0.717, 1.165) is 16.8 Å². The van der Waals surface area contributed by atoms with Crippen molar-refractivity contribution in [1.29, 1.82) is 0 Å². The van der Waals surface area contributed by atoms with Crippen LogP contribution in [0.1, 0.15) is 16.1 Å². The van der Waals surface area contributed by atoms with Crippen molar-refractivity contribution < 1.29 is 9.32 Å². The molecule has 6 nitrogen and oxygen atoms in total. The minimum Gasteiger partial charge on any atom is -0.338 e. The number of nitrogens with one attached hydrogen (secondary N) is 1. The summed E-state index contributed by atoms with van der Waals surface area (Å²) in [5, 5.41) is 11.0. The van der Waals surface area contributed by atoms with Gasteiger partial charge in [0.05, 0.1) is 22.5 Å². The maximum atomic E-state index is 12.3. The Morgan fingerprint density at radius 3 is 2.71 bits per heavy atom. The van der Waals surface area contributed by atoms with E-state index in [1.54, 1.807) is 29.8 Å². The largest absolute Gasteiger partial charge is 0.338 e. The molecular formula is C18H14N4O2. The minimum atomic E-state index is -0.273. The molecule has 0 fully saturated rings. The van der Waals surface area contributed by atoms with Crippen LogP contribution < -0.4 is 5.32 Å². The summed E-state index contributed by atoms with van der Waals surface area (Å²) >= 11 is 0. The van der Waals surface area contributed by atoms with Gasteiger partial charge in [0.25, 0.3) is 5.91 Å². The average molecular weight is 318 g/mol. The van der Waals surface area contributed by atoms with Gasteiger partial charge in [-0.05, 0) is 25.1 Å². The molecule has 1 N–H and O–H groups in total. The molecule has 4 rings (SSSR count). The van der Waals surface area contributed by atoms with Gasteiger partial charge in [-0.15, -0.1) is 0 Å². The molecule has 0 unspecified atom stereocenters. The number of carbonyl (C=O) groups is 1. The number of carbonyl (C=O) groups excluding carboxylic acids is 1. The predicted octanol–water partition coefficient (Wildman–Crippen LogP) is 3.55. The zero-order valence-corrected chi connectivity index (χ0v) is 12.9. The maximum absolute atomic E-state index is 12.3. The topological polar surface area (TPSA) is 72.4 Å². The van der Waals surface area contributed by atoms with Crippen molar-refractivity contribution in [3.05, 3.63) is 72.1 Å². The molecule has 0 saturated heterocycles. The number of hydrogen-bond acceptors (Lipinski definition) is 4. The summed E-state index contributed by atoms with van der Waals surface area (Å²) in [6.07, 6.45) is 1.69. The Morgan fingerprint density at radius 2 is 1.96 bits per heavy atom. The standard InChI is InChI=1S/C18H14N4O2/c1-12-9-17(24-21-12)19-18(23)14-7-8-15-10-16(20-22(15)11-14)13-5-3-2-4-6-13/h2-11H,1H3,(H,19,23). The Labute approximate surface area is 137 Å². The second-order valence-electron chi connectivity index (χ2n) is 5.47. The fraction of sp³-hybridized carbons (Fsp3) is 0.0556. The van der Waals surface area contributed by atoms with E-state index < -0.39 is 0 Å². The van der Waals surface area contributed by atoms with E-state index in [1.807, 2.05) is 42.5 Å². The Balaban J connectivity index is 1.64. The summed E-state index contributed by atoms with van der Waals surface area (Å²) in [5.41, 5.74) is 4.00. The number of pyridine rings is 1. The SMILES string of the molecule is Cc1cc(NC(=O)c2ccc3cc(-c4ccccc4)nn3c2)on1. The molecule has 0 atom stereocenters. The fourth-order valence-corrected chi connectivity index (χ4v) is 2.48. The first-order valence-electron chi connectivity index (χ1n) is 7.48. The Bertz CT molecular complexity index is 1020. The third-order valence-electron chi connectivity index (χ3n) is 3.66. The lowest BCUT2D eigenvalue weighted by Gasteiger charge is -2.01. The molecule has 3 heterocycles. The molecule has 0 radical (unpaired) electrons. The summed E-state index contributed by atoms with van der Waals surface area (Å²) in [5.74, 6) is 0.0489. The van der Waals surface area contributed by atoms with Crippen LogP contribution in [0.4, 0.5) is 5.88 Å². The van der Waals surface area contributed by atoms with Crippen LogP contribution in [0.5, 0.6) is 0 Å². The third-order valence-corrected chi connectivity index (χ3v) is 3.66. The summed E-state index contributed by atoms with van der Waals surface area (Å²) in [4.78, 5) is 12.3. The molecule has 1 amide bonds. The second kappa shape index (κ2) is 5.66. The Morgan fingerprint density at radius 1 is 1.12 bits per heavy atom. The first-order chi connectivity index (χ1) is 11.7. The number of rotatable bonds is 3. The summed E-state index contributed by atoms with van der Waals surface area (Å²) in [6.45, 7) is 1.79. The number of benzene rings is 1. The molecule has 0 aliphatic carbocycles. The van der Waals surface area contributed by atoms with Gasteiger partial charge in [-0.2, -0.15) is 5.10 Å². The number of aromatic nitrogens is 3.